The molecule has 0 saturated heterocycles. The van der Waals surface area contributed by atoms with E-state index in [0.29, 0.717) is 40.5 Å². The van der Waals surface area contributed by atoms with E-state index in [0.717, 1.165) is 5.56 Å². The van der Waals surface area contributed by atoms with Crippen molar-refractivity contribution < 1.29 is 14.2 Å². The van der Waals surface area contributed by atoms with Crippen LogP contribution in [0.4, 0.5) is 17.5 Å². The van der Waals surface area contributed by atoms with Gasteiger partial charge in [0.2, 0.25) is 11.7 Å². The lowest BCUT2D eigenvalue weighted by molar-refractivity contribution is 0.324. The van der Waals surface area contributed by atoms with Gasteiger partial charge in [-0.25, -0.2) is 15.0 Å². The molecule has 0 spiro atoms. The molecular formula is C19H20N6O3. The van der Waals surface area contributed by atoms with Gasteiger partial charge in [0.25, 0.3) is 0 Å². The van der Waals surface area contributed by atoms with Gasteiger partial charge in [-0.2, -0.15) is 4.98 Å². The zero-order chi connectivity index (χ0) is 19.9. The number of benzene rings is 1. The summed E-state index contributed by atoms with van der Waals surface area (Å²) in [5.41, 5.74) is 1.39. The topological polar surface area (TPSA) is 103 Å². The van der Waals surface area contributed by atoms with Crippen LogP contribution in [0.2, 0.25) is 0 Å². The van der Waals surface area contributed by atoms with Crippen LogP contribution in [0.5, 0.6) is 17.2 Å². The van der Waals surface area contributed by atoms with Crippen molar-refractivity contribution >= 4 is 17.5 Å². The first kappa shape index (κ1) is 18.9. The van der Waals surface area contributed by atoms with Crippen LogP contribution in [-0.4, -0.2) is 41.3 Å². The molecule has 0 amide bonds. The molecule has 3 rings (SSSR count). The predicted octanol–water partition coefficient (Wildman–Crippen LogP) is 3.26. The molecule has 2 N–H and O–H groups in total. The smallest absolute Gasteiger partial charge is 0.230 e. The number of hydrogen-bond donors (Lipinski definition) is 2. The van der Waals surface area contributed by atoms with Gasteiger partial charge in [0.05, 0.1) is 26.9 Å². The van der Waals surface area contributed by atoms with Crippen LogP contribution in [0.3, 0.4) is 0 Å². The molecule has 0 fully saturated rings. The van der Waals surface area contributed by atoms with Crippen LogP contribution in [0.15, 0.2) is 49.6 Å². The maximum atomic E-state index is 5.37. The summed E-state index contributed by atoms with van der Waals surface area (Å²) >= 11 is 0. The Morgan fingerprint density at radius 2 is 1.75 bits per heavy atom. The summed E-state index contributed by atoms with van der Waals surface area (Å²) in [5.74, 6) is 2.95. The van der Waals surface area contributed by atoms with Crippen molar-refractivity contribution in [2.24, 2.45) is 0 Å². The van der Waals surface area contributed by atoms with Crippen molar-refractivity contribution in [1.82, 2.24) is 19.9 Å². The third kappa shape index (κ3) is 3.93. The van der Waals surface area contributed by atoms with E-state index in [1.165, 1.54) is 6.33 Å². The highest BCUT2D eigenvalue weighted by atomic mass is 16.5. The summed E-state index contributed by atoms with van der Waals surface area (Å²) in [7, 11) is 4.66. The molecule has 28 heavy (non-hydrogen) atoms. The molecule has 0 radical (unpaired) electrons. The number of aromatic nitrogens is 4. The minimum atomic E-state index is 0.354. The number of ether oxygens (including phenoxy) is 3. The number of nitrogens with one attached hydrogen (secondary N) is 2. The zero-order valence-corrected chi connectivity index (χ0v) is 15.8. The van der Waals surface area contributed by atoms with Gasteiger partial charge in [0.15, 0.2) is 17.3 Å². The van der Waals surface area contributed by atoms with E-state index in [9.17, 15) is 0 Å². The van der Waals surface area contributed by atoms with E-state index in [2.05, 4.69) is 37.1 Å². The van der Waals surface area contributed by atoms with Gasteiger partial charge in [0, 0.05) is 24.0 Å². The second-order valence-electron chi connectivity index (χ2n) is 5.42. The average molecular weight is 380 g/mol. The van der Waals surface area contributed by atoms with Crippen LogP contribution in [0.25, 0.3) is 11.4 Å². The Bertz CT molecular complexity index is 954. The molecule has 0 saturated carbocycles. The molecule has 3 aromatic rings. The number of hydrogen-bond acceptors (Lipinski definition) is 9. The van der Waals surface area contributed by atoms with E-state index in [1.807, 2.05) is 6.07 Å². The third-order valence-corrected chi connectivity index (χ3v) is 3.78. The molecule has 0 bridgehead atoms. The van der Waals surface area contributed by atoms with Gasteiger partial charge in [0.1, 0.15) is 12.1 Å². The molecule has 0 atom stereocenters. The van der Waals surface area contributed by atoms with Gasteiger partial charge < -0.3 is 24.8 Å². The normalized spacial score (nSPS) is 10.1. The van der Waals surface area contributed by atoms with Gasteiger partial charge in [-0.3, -0.25) is 0 Å². The highest BCUT2D eigenvalue weighted by molar-refractivity contribution is 5.71. The van der Waals surface area contributed by atoms with Crippen molar-refractivity contribution in [2.75, 3.05) is 32.0 Å². The Hall–Kier alpha value is -3.88. The Labute approximate surface area is 162 Å². The lowest BCUT2D eigenvalue weighted by atomic mass is 10.2. The molecule has 0 unspecified atom stereocenters. The zero-order valence-electron chi connectivity index (χ0n) is 15.8. The van der Waals surface area contributed by atoms with E-state index in [4.69, 9.17) is 14.2 Å². The lowest BCUT2D eigenvalue weighted by Gasteiger charge is -2.14. The average Bonchev–Trinajstić information content (AvgIpc) is 2.73. The molecule has 0 aliphatic heterocycles. The number of rotatable bonds is 8. The molecule has 9 heteroatoms. The summed E-state index contributed by atoms with van der Waals surface area (Å²) < 4.78 is 16.1. The van der Waals surface area contributed by atoms with Gasteiger partial charge in [-0.05, 0) is 18.3 Å². The first-order valence-electron chi connectivity index (χ1n) is 8.29. The number of anilines is 3. The summed E-state index contributed by atoms with van der Waals surface area (Å²) in [6, 6.07) is 7.19. The van der Waals surface area contributed by atoms with Gasteiger partial charge in [-0.1, -0.05) is 6.58 Å². The molecule has 0 aliphatic carbocycles. The van der Waals surface area contributed by atoms with E-state index < -0.39 is 0 Å². The van der Waals surface area contributed by atoms with Crippen LogP contribution >= 0.6 is 0 Å². The van der Waals surface area contributed by atoms with Crippen molar-refractivity contribution in [3.63, 3.8) is 0 Å². The Morgan fingerprint density at radius 1 is 1.00 bits per heavy atom. The fourth-order valence-corrected chi connectivity index (χ4v) is 2.57. The Kier molecular flexibility index (Phi) is 5.85. The molecule has 9 nitrogen and oxygen atoms in total. The lowest BCUT2D eigenvalue weighted by Crippen LogP contribution is -2.03. The van der Waals surface area contributed by atoms with Crippen LogP contribution in [0.1, 0.15) is 0 Å². The van der Waals surface area contributed by atoms with Gasteiger partial charge >= 0.3 is 0 Å². The maximum absolute atomic E-state index is 5.37. The number of pyridine rings is 1. The second kappa shape index (κ2) is 8.67. The van der Waals surface area contributed by atoms with Crippen LogP contribution in [0, 0.1) is 0 Å². The van der Waals surface area contributed by atoms with E-state index >= 15 is 0 Å². The van der Waals surface area contributed by atoms with Crippen molar-refractivity contribution in [3.8, 4) is 28.6 Å². The summed E-state index contributed by atoms with van der Waals surface area (Å²) in [5, 5.41) is 6.10. The Morgan fingerprint density at radius 3 is 2.39 bits per heavy atom. The van der Waals surface area contributed by atoms with Gasteiger partial charge in [-0.15, -0.1) is 0 Å². The molecule has 2 aromatic heterocycles. The second-order valence-corrected chi connectivity index (χ2v) is 5.42. The van der Waals surface area contributed by atoms with E-state index in [1.54, 1.807) is 51.9 Å². The van der Waals surface area contributed by atoms with Crippen LogP contribution < -0.4 is 24.8 Å². The van der Waals surface area contributed by atoms with Crippen molar-refractivity contribution in [2.45, 2.75) is 0 Å². The fraction of sp³-hybridized carbons (Fsp3) is 0.158. The van der Waals surface area contributed by atoms with Crippen LogP contribution in [-0.2, 0) is 0 Å². The fourth-order valence-electron chi connectivity index (χ4n) is 2.57. The summed E-state index contributed by atoms with van der Waals surface area (Å²) in [4.78, 5) is 17.2. The molecular weight excluding hydrogens is 360 g/mol. The highest BCUT2D eigenvalue weighted by Gasteiger charge is 2.15. The molecule has 1 aromatic carbocycles. The minimum absolute atomic E-state index is 0.354. The molecule has 144 valence electrons. The summed E-state index contributed by atoms with van der Waals surface area (Å²) in [6.45, 7) is 3.66. The van der Waals surface area contributed by atoms with E-state index in [-0.39, 0.29) is 0 Å². The first-order chi connectivity index (χ1) is 13.7. The van der Waals surface area contributed by atoms with Crippen molar-refractivity contribution in [1.29, 1.82) is 0 Å². The Balaban J connectivity index is 1.95. The first-order valence-corrected chi connectivity index (χ1v) is 8.29. The molecule has 0 aliphatic rings. The quantitative estimate of drug-likeness (QED) is 0.609. The SMILES string of the molecule is C=CNc1ncccc1-c1ncnc(Nc2cc(OC)c(OC)c(OC)c2)n1. The predicted molar refractivity (Wildman–Crippen MR) is 106 cm³/mol. The minimum Gasteiger partial charge on any atom is -0.493 e. The third-order valence-electron chi connectivity index (χ3n) is 3.78. The number of nitrogens with zero attached hydrogens (tertiary/aromatic N) is 4. The molecule has 2 heterocycles. The standard InChI is InChI=1S/C19H20N6O3/c1-5-20-17-13(7-6-8-21-17)18-22-11-23-19(25-18)24-12-9-14(26-2)16(28-4)15(10-12)27-3/h5-11H,1H2,2-4H3,(H,20,21)(H,22,23,24,25). The maximum Gasteiger partial charge on any atom is 0.230 e. The largest absolute Gasteiger partial charge is 0.493 e. The van der Waals surface area contributed by atoms with Crippen molar-refractivity contribution in [3.05, 3.63) is 49.6 Å². The number of methoxy groups -OCH3 is 3. The highest BCUT2D eigenvalue weighted by Crippen LogP contribution is 2.40. The monoisotopic (exact) mass is 380 g/mol. The summed E-state index contributed by atoms with van der Waals surface area (Å²) in [6.07, 6.45) is 4.64.